The molecule has 0 atom stereocenters. The molecular weight excluding hydrogens is 202 g/mol. The van der Waals surface area contributed by atoms with Crippen molar-refractivity contribution in [1.82, 2.24) is 15.0 Å². The molecule has 0 saturated carbocycles. The van der Waals surface area contributed by atoms with Gasteiger partial charge < -0.3 is 4.98 Å². The lowest BCUT2D eigenvalue weighted by atomic mass is 10.4. The normalized spacial score (nSPS) is 12.1. The predicted octanol–water partition coefficient (Wildman–Crippen LogP) is 0.502. The summed E-state index contributed by atoms with van der Waals surface area (Å²) in [6, 6.07) is 3.58. The molecule has 0 aliphatic heterocycles. The lowest BCUT2D eigenvalue weighted by molar-refractivity contribution is 0.600. The van der Waals surface area contributed by atoms with Crippen molar-refractivity contribution in [3.8, 4) is 0 Å². The highest BCUT2D eigenvalue weighted by atomic mass is 32.2. The molecule has 0 unspecified atom stereocenters. The van der Waals surface area contributed by atoms with Crippen LogP contribution in [0.1, 0.15) is 5.82 Å². The van der Waals surface area contributed by atoms with Gasteiger partial charge in [0.15, 0.2) is 15.5 Å². The van der Waals surface area contributed by atoms with Crippen LogP contribution in [0.5, 0.6) is 0 Å². The van der Waals surface area contributed by atoms with Crippen molar-refractivity contribution in [2.75, 3.05) is 6.26 Å². The van der Waals surface area contributed by atoms with Crippen LogP contribution in [0.25, 0.3) is 11.2 Å². The van der Waals surface area contributed by atoms with Crippen LogP contribution < -0.4 is 0 Å². The van der Waals surface area contributed by atoms with E-state index in [1.54, 1.807) is 18.3 Å². The summed E-state index contributed by atoms with van der Waals surface area (Å²) in [5, 5.41) is 0. The van der Waals surface area contributed by atoms with E-state index < -0.39 is 9.84 Å². The zero-order chi connectivity index (χ0) is 10.2. The molecular formula is C8H9N3O2S. The fourth-order valence-electron chi connectivity index (χ4n) is 1.21. The van der Waals surface area contributed by atoms with E-state index in [2.05, 4.69) is 15.0 Å². The third-order valence-electron chi connectivity index (χ3n) is 1.71. The van der Waals surface area contributed by atoms with E-state index in [4.69, 9.17) is 0 Å². The first-order valence-corrected chi connectivity index (χ1v) is 6.08. The van der Waals surface area contributed by atoms with Crippen molar-refractivity contribution in [3.63, 3.8) is 0 Å². The first-order chi connectivity index (χ1) is 6.54. The second kappa shape index (κ2) is 3.06. The number of aromatic amines is 1. The van der Waals surface area contributed by atoms with Gasteiger partial charge in [0.1, 0.15) is 11.6 Å². The molecule has 0 saturated heterocycles. The maximum absolute atomic E-state index is 11.0. The summed E-state index contributed by atoms with van der Waals surface area (Å²) in [6.45, 7) is 0. The minimum atomic E-state index is -3.05. The van der Waals surface area contributed by atoms with E-state index in [-0.39, 0.29) is 5.75 Å². The SMILES string of the molecule is CS(=O)(=O)Cc1nc2ncccc2[nH]1. The smallest absolute Gasteiger partial charge is 0.177 e. The number of nitrogens with one attached hydrogen (secondary N) is 1. The van der Waals surface area contributed by atoms with Crippen LogP contribution in [0.4, 0.5) is 0 Å². The summed E-state index contributed by atoms with van der Waals surface area (Å²) < 4.78 is 22.0. The maximum Gasteiger partial charge on any atom is 0.177 e. The third-order valence-corrected chi connectivity index (χ3v) is 2.50. The average Bonchev–Trinajstić information content (AvgIpc) is 2.42. The van der Waals surface area contributed by atoms with Gasteiger partial charge >= 0.3 is 0 Å². The van der Waals surface area contributed by atoms with Gasteiger partial charge in [-0.05, 0) is 12.1 Å². The fraction of sp³-hybridized carbons (Fsp3) is 0.250. The Balaban J connectivity index is 2.46. The van der Waals surface area contributed by atoms with Gasteiger partial charge in [0, 0.05) is 12.5 Å². The Bertz CT molecular complexity index is 526. The molecule has 0 amide bonds. The molecule has 0 aromatic carbocycles. The van der Waals surface area contributed by atoms with Crippen LogP contribution in [0.2, 0.25) is 0 Å². The molecule has 2 aromatic heterocycles. The van der Waals surface area contributed by atoms with Crippen LogP contribution in [0.15, 0.2) is 18.3 Å². The third kappa shape index (κ3) is 1.90. The molecule has 2 aromatic rings. The zero-order valence-corrected chi connectivity index (χ0v) is 8.37. The van der Waals surface area contributed by atoms with Crippen LogP contribution in [0.3, 0.4) is 0 Å². The van der Waals surface area contributed by atoms with Crippen molar-refractivity contribution >= 4 is 21.0 Å². The first kappa shape index (κ1) is 9.14. The van der Waals surface area contributed by atoms with Crippen LogP contribution >= 0.6 is 0 Å². The van der Waals surface area contributed by atoms with E-state index in [0.29, 0.717) is 11.5 Å². The van der Waals surface area contributed by atoms with Crippen molar-refractivity contribution in [3.05, 3.63) is 24.2 Å². The number of sulfone groups is 1. The molecule has 2 rings (SSSR count). The molecule has 0 bridgehead atoms. The lowest BCUT2D eigenvalue weighted by Gasteiger charge is -1.90. The molecule has 0 aliphatic carbocycles. The zero-order valence-electron chi connectivity index (χ0n) is 7.56. The van der Waals surface area contributed by atoms with Gasteiger partial charge in [0.25, 0.3) is 0 Å². The highest BCUT2D eigenvalue weighted by Gasteiger charge is 2.09. The highest BCUT2D eigenvalue weighted by molar-refractivity contribution is 7.89. The standard InChI is InChI=1S/C8H9N3O2S/c1-14(12,13)5-7-10-6-3-2-4-9-8(6)11-7/h2-4H,5H2,1H3,(H,9,10,11). The fourth-order valence-corrected chi connectivity index (χ4v) is 1.84. The van der Waals surface area contributed by atoms with Gasteiger partial charge in [-0.3, -0.25) is 0 Å². The molecule has 0 fully saturated rings. The van der Waals surface area contributed by atoms with E-state index in [9.17, 15) is 8.42 Å². The first-order valence-electron chi connectivity index (χ1n) is 4.02. The number of H-pyrrole nitrogens is 1. The largest absolute Gasteiger partial charge is 0.340 e. The Morgan fingerprint density at radius 1 is 1.50 bits per heavy atom. The number of hydrogen-bond acceptors (Lipinski definition) is 4. The minimum Gasteiger partial charge on any atom is -0.340 e. The van der Waals surface area contributed by atoms with E-state index >= 15 is 0 Å². The highest BCUT2D eigenvalue weighted by Crippen LogP contribution is 2.08. The Labute approximate surface area is 81.1 Å². The van der Waals surface area contributed by atoms with Crippen molar-refractivity contribution in [2.24, 2.45) is 0 Å². The van der Waals surface area contributed by atoms with Crippen molar-refractivity contribution < 1.29 is 8.42 Å². The Morgan fingerprint density at radius 2 is 2.29 bits per heavy atom. The maximum atomic E-state index is 11.0. The summed E-state index contributed by atoms with van der Waals surface area (Å²) in [5.74, 6) is 0.352. The number of rotatable bonds is 2. The van der Waals surface area contributed by atoms with Crippen molar-refractivity contribution in [2.45, 2.75) is 5.75 Å². The number of imidazole rings is 1. The Morgan fingerprint density at radius 3 is 2.93 bits per heavy atom. The van der Waals surface area contributed by atoms with Crippen LogP contribution in [-0.4, -0.2) is 29.6 Å². The molecule has 6 heteroatoms. The Hall–Kier alpha value is -1.43. The summed E-state index contributed by atoms with van der Waals surface area (Å²) in [4.78, 5) is 10.9. The van der Waals surface area contributed by atoms with Gasteiger partial charge in [0.2, 0.25) is 0 Å². The van der Waals surface area contributed by atoms with E-state index in [0.717, 1.165) is 5.52 Å². The van der Waals surface area contributed by atoms with E-state index in [1.165, 1.54) is 6.26 Å². The van der Waals surface area contributed by atoms with Gasteiger partial charge in [-0.1, -0.05) is 0 Å². The topological polar surface area (TPSA) is 75.7 Å². The average molecular weight is 211 g/mol. The molecule has 0 spiro atoms. The van der Waals surface area contributed by atoms with Crippen LogP contribution in [-0.2, 0) is 15.6 Å². The van der Waals surface area contributed by atoms with Crippen LogP contribution in [0, 0.1) is 0 Å². The van der Waals surface area contributed by atoms with Gasteiger partial charge in [-0.25, -0.2) is 18.4 Å². The molecule has 74 valence electrons. The molecule has 14 heavy (non-hydrogen) atoms. The Kier molecular flexibility index (Phi) is 1.99. The number of fused-ring (bicyclic) bond motifs is 1. The second-order valence-electron chi connectivity index (χ2n) is 3.13. The number of aromatic nitrogens is 3. The summed E-state index contributed by atoms with van der Waals surface area (Å²) in [6.07, 6.45) is 2.79. The quantitative estimate of drug-likeness (QED) is 0.785. The van der Waals surface area contributed by atoms with Gasteiger partial charge in [0.05, 0.1) is 5.52 Å². The molecule has 0 aliphatic rings. The minimum absolute atomic E-state index is 0.0800. The van der Waals surface area contributed by atoms with Gasteiger partial charge in [-0.15, -0.1) is 0 Å². The number of hydrogen-bond donors (Lipinski definition) is 1. The summed E-state index contributed by atoms with van der Waals surface area (Å²) >= 11 is 0. The summed E-state index contributed by atoms with van der Waals surface area (Å²) in [7, 11) is -3.05. The second-order valence-corrected chi connectivity index (χ2v) is 5.27. The van der Waals surface area contributed by atoms with E-state index in [1.807, 2.05) is 0 Å². The molecule has 1 N–H and O–H groups in total. The lowest BCUT2D eigenvalue weighted by Crippen LogP contribution is -2.01. The predicted molar refractivity (Wildman–Crippen MR) is 52.4 cm³/mol. The monoisotopic (exact) mass is 211 g/mol. The number of pyridine rings is 1. The van der Waals surface area contributed by atoms with Crippen molar-refractivity contribution in [1.29, 1.82) is 0 Å². The molecule has 5 nitrogen and oxygen atoms in total. The summed E-state index contributed by atoms with van der Waals surface area (Å²) in [5.41, 5.74) is 1.30. The van der Waals surface area contributed by atoms with Gasteiger partial charge in [-0.2, -0.15) is 0 Å². The molecule has 0 radical (unpaired) electrons. The molecule has 2 heterocycles. The number of nitrogens with zero attached hydrogens (tertiary/aromatic N) is 2.